The fourth-order valence-electron chi connectivity index (χ4n) is 6.49. The molecule has 3 N–H and O–H groups in total. The van der Waals surface area contributed by atoms with Gasteiger partial charge in [0.05, 0.1) is 29.2 Å². The number of likely N-dealkylation sites (tertiary alicyclic amines) is 1. The Labute approximate surface area is 222 Å². The Balaban J connectivity index is 1.48. The van der Waals surface area contributed by atoms with Crippen molar-refractivity contribution in [1.29, 1.82) is 0 Å². The third-order valence-corrected chi connectivity index (χ3v) is 10.4. The minimum atomic E-state index is -0.732. The normalized spacial score (nSPS) is 29.6. The van der Waals surface area contributed by atoms with Crippen LogP contribution in [0.4, 0.5) is 5.69 Å². The monoisotopic (exact) mass is 521 g/mol. The fraction of sp³-hybridized carbons (Fsp3) is 0.483. The number of benzene rings is 2. The van der Waals surface area contributed by atoms with Crippen LogP contribution in [0.2, 0.25) is 0 Å². The van der Waals surface area contributed by atoms with Gasteiger partial charge in [-0.2, -0.15) is 0 Å². The van der Waals surface area contributed by atoms with E-state index in [0.29, 0.717) is 18.7 Å². The summed E-state index contributed by atoms with van der Waals surface area (Å²) < 4.78 is -0.678. The van der Waals surface area contributed by atoms with E-state index in [1.807, 2.05) is 74.5 Å². The van der Waals surface area contributed by atoms with Crippen molar-refractivity contribution in [2.45, 2.75) is 61.7 Å². The number of carbonyl (C=O) groups is 3. The molecule has 2 bridgehead atoms. The lowest BCUT2D eigenvalue weighted by atomic mass is 9.70. The van der Waals surface area contributed by atoms with Crippen molar-refractivity contribution in [3.8, 4) is 0 Å². The molecule has 3 fully saturated rings. The van der Waals surface area contributed by atoms with Crippen LogP contribution in [0.1, 0.15) is 38.7 Å². The largest absolute Gasteiger partial charge is 0.394 e. The molecule has 3 saturated heterocycles. The van der Waals surface area contributed by atoms with Gasteiger partial charge in [-0.05, 0) is 36.5 Å². The lowest BCUT2D eigenvalue weighted by Crippen LogP contribution is -2.57. The molecule has 37 heavy (non-hydrogen) atoms. The van der Waals surface area contributed by atoms with E-state index in [1.54, 1.807) is 16.7 Å². The smallest absolute Gasteiger partial charge is 0.244 e. The average molecular weight is 522 g/mol. The van der Waals surface area contributed by atoms with Crippen LogP contribution in [0.5, 0.6) is 0 Å². The van der Waals surface area contributed by atoms with Crippen LogP contribution in [0.15, 0.2) is 60.7 Å². The summed E-state index contributed by atoms with van der Waals surface area (Å²) in [5, 5.41) is 16.5. The van der Waals surface area contributed by atoms with Crippen LogP contribution in [-0.4, -0.2) is 56.4 Å². The van der Waals surface area contributed by atoms with Gasteiger partial charge in [-0.15, -0.1) is 11.8 Å². The number of thioether (sulfide) groups is 1. The summed E-state index contributed by atoms with van der Waals surface area (Å²) in [4.78, 5) is 43.3. The molecule has 196 valence electrons. The van der Waals surface area contributed by atoms with Gasteiger partial charge in [0, 0.05) is 17.5 Å². The predicted molar refractivity (Wildman–Crippen MR) is 145 cm³/mol. The van der Waals surface area contributed by atoms with Crippen molar-refractivity contribution in [3.05, 3.63) is 66.2 Å². The Kier molecular flexibility index (Phi) is 7.32. The fourth-order valence-corrected chi connectivity index (χ4v) is 8.70. The number of amides is 3. The second-order valence-electron chi connectivity index (χ2n) is 10.5. The summed E-state index contributed by atoms with van der Waals surface area (Å²) >= 11 is 1.64. The molecule has 7 atom stereocenters. The van der Waals surface area contributed by atoms with Gasteiger partial charge >= 0.3 is 0 Å². The van der Waals surface area contributed by atoms with Crippen LogP contribution < -0.4 is 10.6 Å². The minimum absolute atomic E-state index is 0.00685. The SMILES string of the molecule is CC[C@H](C)[C@H](CO)N1C(=O)[C@@H]2[C@H](C(=O)Nc3ccccc3)[C@@H]3CCC2(S3)C1C(=O)NCc1ccccc1. The maximum absolute atomic E-state index is 14.2. The molecule has 2 unspecified atom stereocenters. The molecule has 3 aliphatic rings. The van der Waals surface area contributed by atoms with Gasteiger partial charge in [-0.25, -0.2) is 0 Å². The number of nitrogens with zero attached hydrogens (tertiary/aromatic N) is 1. The molecule has 8 heteroatoms. The number of carbonyl (C=O) groups excluding carboxylic acids is 3. The van der Waals surface area contributed by atoms with Gasteiger partial charge < -0.3 is 20.6 Å². The summed E-state index contributed by atoms with van der Waals surface area (Å²) in [6.07, 6.45) is 2.25. The van der Waals surface area contributed by atoms with Gasteiger partial charge in [-0.1, -0.05) is 68.8 Å². The molecule has 3 heterocycles. The highest BCUT2D eigenvalue weighted by Crippen LogP contribution is 2.66. The van der Waals surface area contributed by atoms with E-state index < -0.39 is 28.7 Å². The van der Waals surface area contributed by atoms with Crippen molar-refractivity contribution in [2.24, 2.45) is 17.8 Å². The van der Waals surface area contributed by atoms with E-state index >= 15 is 0 Å². The Morgan fingerprint density at radius 3 is 2.43 bits per heavy atom. The molecule has 3 aliphatic heterocycles. The number of hydrogen-bond donors (Lipinski definition) is 3. The summed E-state index contributed by atoms with van der Waals surface area (Å²) in [6.45, 7) is 4.16. The zero-order valence-corrected chi connectivity index (χ0v) is 22.1. The van der Waals surface area contributed by atoms with Gasteiger partial charge in [0.1, 0.15) is 6.04 Å². The quantitative estimate of drug-likeness (QED) is 0.470. The van der Waals surface area contributed by atoms with E-state index in [4.69, 9.17) is 0 Å². The standard InChI is InChI=1S/C29H35N3O4S/c1-3-18(2)21(17-33)32-25(27(35)30-16-19-10-6-4-7-11-19)29-15-14-22(37-29)23(24(29)28(32)36)26(34)31-20-12-8-5-9-13-20/h4-13,18,21-25,33H,3,14-17H2,1-2H3,(H,30,35)(H,31,34)/t18-,21-,22-,23+,24-,25?,29?/m0/s1. The number of aliphatic hydroxyl groups excluding tert-OH is 1. The predicted octanol–water partition coefficient (Wildman–Crippen LogP) is 3.44. The summed E-state index contributed by atoms with van der Waals surface area (Å²) in [5.41, 5.74) is 1.67. The number of nitrogens with one attached hydrogen (secondary N) is 2. The number of rotatable bonds is 9. The summed E-state index contributed by atoms with van der Waals surface area (Å²) in [7, 11) is 0. The van der Waals surface area contributed by atoms with E-state index in [1.165, 1.54) is 0 Å². The van der Waals surface area contributed by atoms with Crippen molar-refractivity contribution in [1.82, 2.24) is 10.2 Å². The molecule has 1 spiro atoms. The van der Waals surface area contributed by atoms with Crippen molar-refractivity contribution in [2.75, 3.05) is 11.9 Å². The van der Waals surface area contributed by atoms with E-state index in [-0.39, 0.29) is 35.5 Å². The van der Waals surface area contributed by atoms with Gasteiger partial charge in [0.15, 0.2) is 0 Å². The topological polar surface area (TPSA) is 98.7 Å². The van der Waals surface area contributed by atoms with Gasteiger partial charge in [0.25, 0.3) is 0 Å². The first-order chi connectivity index (χ1) is 17.9. The van der Waals surface area contributed by atoms with E-state index in [0.717, 1.165) is 18.4 Å². The lowest BCUT2D eigenvalue weighted by Gasteiger charge is -2.39. The molecular weight excluding hydrogens is 486 g/mol. The molecule has 2 aromatic carbocycles. The molecule has 0 aliphatic carbocycles. The Morgan fingerprint density at radius 2 is 1.78 bits per heavy atom. The van der Waals surface area contributed by atoms with Crippen LogP contribution in [0, 0.1) is 17.8 Å². The number of para-hydroxylation sites is 1. The second-order valence-corrected chi connectivity index (χ2v) is 12.1. The first kappa shape index (κ1) is 25.8. The van der Waals surface area contributed by atoms with E-state index in [2.05, 4.69) is 10.6 Å². The maximum Gasteiger partial charge on any atom is 0.244 e. The van der Waals surface area contributed by atoms with Crippen molar-refractivity contribution in [3.63, 3.8) is 0 Å². The molecule has 0 radical (unpaired) electrons. The molecular formula is C29H35N3O4S. The highest BCUT2D eigenvalue weighted by Gasteiger charge is 2.74. The second kappa shape index (κ2) is 10.5. The Hall–Kier alpha value is -2.84. The number of anilines is 1. The molecule has 3 amide bonds. The van der Waals surface area contributed by atoms with Crippen LogP contribution in [-0.2, 0) is 20.9 Å². The van der Waals surface area contributed by atoms with Crippen LogP contribution >= 0.6 is 11.8 Å². The highest BCUT2D eigenvalue weighted by molar-refractivity contribution is 8.02. The van der Waals surface area contributed by atoms with Crippen LogP contribution in [0.25, 0.3) is 0 Å². The van der Waals surface area contributed by atoms with Crippen LogP contribution in [0.3, 0.4) is 0 Å². The first-order valence-electron chi connectivity index (χ1n) is 13.2. The first-order valence-corrected chi connectivity index (χ1v) is 14.1. The number of hydrogen-bond acceptors (Lipinski definition) is 5. The van der Waals surface area contributed by atoms with Crippen molar-refractivity contribution < 1.29 is 19.5 Å². The number of fused-ring (bicyclic) bond motifs is 1. The number of aliphatic hydroxyl groups is 1. The Bertz CT molecular complexity index is 1150. The Morgan fingerprint density at radius 1 is 1.11 bits per heavy atom. The summed E-state index contributed by atoms with van der Waals surface area (Å²) in [5.74, 6) is -1.66. The van der Waals surface area contributed by atoms with E-state index in [9.17, 15) is 19.5 Å². The molecule has 2 aromatic rings. The zero-order valence-electron chi connectivity index (χ0n) is 21.3. The third-order valence-electron chi connectivity index (χ3n) is 8.49. The third kappa shape index (κ3) is 4.44. The summed E-state index contributed by atoms with van der Waals surface area (Å²) in [6, 6.07) is 17.8. The molecule has 0 saturated carbocycles. The van der Waals surface area contributed by atoms with Gasteiger partial charge in [-0.3, -0.25) is 14.4 Å². The minimum Gasteiger partial charge on any atom is -0.394 e. The molecule has 7 nitrogen and oxygen atoms in total. The van der Waals surface area contributed by atoms with Crippen molar-refractivity contribution >= 4 is 35.2 Å². The maximum atomic E-state index is 14.2. The lowest BCUT2D eigenvalue weighted by molar-refractivity contribution is -0.143. The highest BCUT2D eigenvalue weighted by atomic mass is 32.2. The average Bonchev–Trinajstić information content (AvgIpc) is 3.56. The zero-order chi connectivity index (χ0) is 26.2. The molecule has 5 rings (SSSR count). The molecule has 0 aromatic heterocycles. The van der Waals surface area contributed by atoms with Gasteiger partial charge in [0.2, 0.25) is 17.7 Å².